The Bertz CT molecular complexity index is 480. The van der Waals surface area contributed by atoms with Crippen LogP contribution in [0.15, 0.2) is 24.3 Å². The van der Waals surface area contributed by atoms with Crippen LogP contribution in [0.3, 0.4) is 0 Å². The average Bonchev–Trinajstić information content (AvgIpc) is 2.26. The van der Waals surface area contributed by atoms with Crippen LogP contribution in [0.25, 0.3) is 0 Å². The molecule has 0 aliphatic heterocycles. The third-order valence-electron chi connectivity index (χ3n) is 3.03. The van der Waals surface area contributed by atoms with Crippen molar-refractivity contribution < 1.29 is 8.42 Å². The Morgan fingerprint density at radius 1 is 1.22 bits per heavy atom. The van der Waals surface area contributed by atoms with Crippen molar-refractivity contribution in [1.29, 1.82) is 0 Å². The predicted molar refractivity (Wildman–Crippen MR) is 76.2 cm³/mol. The predicted octanol–water partition coefficient (Wildman–Crippen LogP) is 2.46. The number of hydrogen-bond donors (Lipinski definition) is 1. The molecule has 0 aliphatic carbocycles. The van der Waals surface area contributed by atoms with E-state index >= 15 is 0 Å². The maximum atomic E-state index is 12.0. The topological polar surface area (TPSA) is 60.2 Å². The van der Waals surface area contributed by atoms with Gasteiger partial charge in [-0.15, -0.1) is 0 Å². The van der Waals surface area contributed by atoms with E-state index in [2.05, 4.69) is 0 Å². The van der Waals surface area contributed by atoms with Crippen LogP contribution >= 0.6 is 0 Å². The van der Waals surface area contributed by atoms with Gasteiger partial charge in [-0.2, -0.15) is 0 Å². The Kier molecular flexibility index (Phi) is 5.35. The highest BCUT2D eigenvalue weighted by Crippen LogP contribution is 2.17. The molecule has 102 valence electrons. The van der Waals surface area contributed by atoms with Crippen molar-refractivity contribution in [3.8, 4) is 0 Å². The molecule has 1 unspecified atom stereocenters. The maximum Gasteiger partial charge on any atom is 0.152 e. The van der Waals surface area contributed by atoms with Crippen molar-refractivity contribution in [2.24, 2.45) is 11.7 Å². The van der Waals surface area contributed by atoms with Gasteiger partial charge >= 0.3 is 0 Å². The second kappa shape index (κ2) is 6.34. The lowest BCUT2D eigenvalue weighted by Crippen LogP contribution is -2.24. The first-order valence-electron chi connectivity index (χ1n) is 6.33. The van der Waals surface area contributed by atoms with Gasteiger partial charge in [0, 0.05) is 6.04 Å². The monoisotopic (exact) mass is 269 g/mol. The minimum atomic E-state index is -3.07. The zero-order valence-electron chi connectivity index (χ0n) is 11.4. The summed E-state index contributed by atoms with van der Waals surface area (Å²) < 4.78 is 23.9. The van der Waals surface area contributed by atoms with Crippen molar-refractivity contribution in [1.82, 2.24) is 0 Å². The molecular formula is C14H23NO2S. The van der Waals surface area contributed by atoms with Gasteiger partial charge in [0.2, 0.25) is 0 Å². The molecule has 0 aliphatic rings. The molecule has 4 heteroatoms. The van der Waals surface area contributed by atoms with Gasteiger partial charge in [-0.1, -0.05) is 38.1 Å². The molecule has 1 aromatic rings. The van der Waals surface area contributed by atoms with Gasteiger partial charge in [0.25, 0.3) is 0 Å². The van der Waals surface area contributed by atoms with Gasteiger partial charge in [-0.25, -0.2) is 8.42 Å². The second-order valence-corrected chi connectivity index (χ2v) is 7.49. The molecular weight excluding hydrogens is 246 g/mol. The molecule has 1 aromatic carbocycles. The molecule has 0 heterocycles. The van der Waals surface area contributed by atoms with Crippen LogP contribution in [0.4, 0.5) is 0 Å². The minimum Gasteiger partial charge on any atom is -0.323 e. The molecule has 0 aromatic heterocycles. The standard InChI is InChI=1S/C14H23NO2S/c1-11(2)8-9-18(16,17)10-14(15)13-7-5-4-6-12(13)3/h4-7,11,14H,8-10,15H2,1-3H3. The zero-order chi connectivity index (χ0) is 13.8. The molecule has 0 radical (unpaired) electrons. The number of aryl methyl sites for hydroxylation is 1. The van der Waals surface area contributed by atoms with Crippen molar-refractivity contribution in [3.05, 3.63) is 35.4 Å². The maximum absolute atomic E-state index is 12.0. The third-order valence-corrected chi connectivity index (χ3v) is 4.75. The molecule has 3 nitrogen and oxygen atoms in total. The van der Waals surface area contributed by atoms with Gasteiger partial charge in [-0.05, 0) is 30.4 Å². The smallest absolute Gasteiger partial charge is 0.152 e. The Labute approximate surface area is 110 Å². The Morgan fingerprint density at radius 2 is 1.83 bits per heavy atom. The highest BCUT2D eigenvalue weighted by Gasteiger charge is 2.18. The number of benzene rings is 1. The lowest BCUT2D eigenvalue weighted by atomic mass is 10.0. The fourth-order valence-electron chi connectivity index (χ4n) is 1.86. The Morgan fingerprint density at radius 3 is 2.39 bits per heavy atom. The SMILES string of the molecule is Cc1ccccc1C(N)CS(=O)(=O)CCC(C)C. The highest BCUT2D eigenvalue weighted by molar-refractivity contribution is 7.91. The molecule has 0 spiro atoms. The number of rotatable bonds is 6. The van der Waals surface area contributed by atoms with E-state index in [0.29, 0.717) is 12.3 Å². The molecule has 0 saturated carbocycles. The first-order valence-corrected chi connectivity index (χ1v) is 8.15. The van der Waals surface area contributed by atoms with Crippen LogP contribution in [-0.4, -0.2) is 19.9 Å². The lowest BCUT2D eigenvalue weighted by Gasteiger charge is -2.15. The summed E-state index contributed by atoms with van der Waals surface area (Å²) in [6, 6.07) is 7.25. The van der Waals surface area contributed by atoms with E-state index in [1.54, 1.807) is 0 Å². The Balaban J connectivity index is 2.70. The summed E-state index contributed by atoms with van der Waals surface area (Å²) in [6.07, 6.45) is 0.697. The van der Waals surface area contributed by atoms with Crippen LogP contribution in [-0.2, 0) is 9.84 Å². The summed E-state index contributed by atoms with van der Waals surface area (Å²) >= 11 is 0. The van der Waals surface area contributed by atoms with Gasteiger partial charge in [0.15, 0.2) is 9.84 Å². The minimum absolute atomic E-state index is 0.0323. The third kappa shape index (κ3) is 4.78. The van der Waals surface area contributed by atoms with E-state index in [4.69, 9.17) is 5.73 Å². The summed E-state index contributed by atoms with van der Waals surface area (Å²) in [4.78, 5) is 0. The van der Waals surface area contributed by atoms with Crippen molar-refractivity contribution in [2.75, 3.05) is 11.5 Å². The second-order valence-electron chi connectivity index (χ2n) is 5.26. The molecule has 2 N–H and O–H groups in total. The van der Waals surface area contributed by atoms with E-state index in [1.165, 1.54) is 0 Å². The molecule has 1 atom stereocenters. The van der Waals surface area contributed by atoms with Gasteiger partial charge in [0.05, 0.1) is 11.5 Å². The van der Waals surface area contributed by atoms with Crippen molar-refractivity contribution in [2.45, 2.75) is 33.2 Å². The van der Waals surface area contributed by atoms with Crippen LogP contribution in [0.2, 0.25) is 0 Å². The van der Waals surface area contributed by atoms with E-state index in [0.717, 1.165) is 11.1 Å². The average molecular weight is 269 g/mol. The van der Waals surface area contributed by atoms with Crippen LogP contribution < -0.4 is 5.73 Å². The lowest BCUT2D eigenvalue weighted by molar-refractivity contribution is 0.568. The van der Waals surface area contributed by atoms with E-state index in [-0.39, 0.29) is 11.5 Å². The fourth-order valence-corrected chi connectivity index (χ4v) is 3.59. The summed E-state index contributed by atoms with van der Waals surface area (Å²) in [6.45, 7) is 6.00. The number of hydrogen-bond acceptors (Lipinski definition) is 3. The van der Waals surface area contributed by atoms with Crippen molar-refractivity contribution in [3.63, 3.8) is 0 Å². The molecule has 0 saturated heterocycles. The first-order chi connectivity index (χ1) is 8.32. The summed E-state index contributed by atoms with van der Waals surface area (Å²) in [5.41, 5.74) is 7.98. The quantitative estimate of drug-likeness (QED) is 0.863. The molecule has 0 fully saturated rings. The van der Waals surface area contributed by atoms with E-state index < -0.39 is 15.9 Å². The molecule has 18 heavy (non-hydrogen) atoms. The fraction of sp³-hybridized carbons (Fsp3) is 0.571. The first kappa shape index (κ1) is 15.2. The number of nitrogens with two attached hydrogens (primary N) is 1. The van der Waals surface area contributed by atoms with Crippen LogP contribution in [0.5, 0.6) is 0 Å². The molecule has 0 bridgehead atoms. The van der Waals surface area contributed by atoms with E-state index in [1.807, 2.05) is 45.0 Å². The molecule has 0 amide bonds. The number of sulfone groups is 1. The Hall–Kier alpha value is -0.870. The normalized spacial score (nSPS) is 13.8. The van der Waals surface area contributed by atoms with Gasteiger partial charge in [0.1, 0.15) is 0 Å². The summed E-state index contributed by atoms with van der Waals surface area (Å²) in [7, 11) is -3.07. The van der Waals surface area contributed by atoms with Crippen LogP contribution in [0.1, 0.15) is 37.4 Å². The van der Waals surface area contributed by atoms with Gasteiger partial charge < -0.3 is 5.73 Å². The van der Waals surface area contributed by atoms with Gasteiger partial charge in [-0.3, -0.25) is 0 Å². The largest absolute Gasteiger partial charge is 0.323 e. The summed E-state index contributed by atoms with van der Waals surface area (Å²) in [5, 5.41) is 0. The van der Waals surface area contributed by atoms with Crippen molar-refractivity contribution >= 4 is 9.84 Å². The zero-order valence-corrected chi connectivity index (χ0v) is 12.2. The highest BCUT2D eigenvalue weighted by atomic mass is 32.2. The summed E-state index contributed by atoms with van der Waals surface area (Å²) in [5.74, 6) is 0.656. The van der Waals surface area contributed by atoms with E-state index in [9.17, 15) is 8.42 Å². The molecule has 1 rings (SSSR count). The van der Waals surface area contributed by atoms with Crippen LogP contribution in [0, 0.1) is 12.8 Å².